The number of nitrogens with one attached hydrogen (secondary N) is 2. The maximum Gasteiger partial charge on any atom is 0.191 e. The molecule has 1 aromatic rings. The van der Waals surface area contributed by atoms with Crippen LogP contribution in [0.5, 0.6) is 0 Å². The highest BCUT2D eigenvalue weighted by atomic mass is 127. The fourth-order valence-electron chi connectivity index (χ4n) is 2.84. The van der Waals surface area contributed by atoms with E-state index in [4.69, 9.17) is 0 Å². The molecule has 0 amide bonds. The van der Waals surface area contributed by atoms with Gasteiger partial charge < -0.3 is 15.2 Å². The van der Waals surface area contributed by atoms with Crippen molar-refractivity contribution in [3.8, 4) is 0 Å². The minimum Gasteiger partial charge on any atom is -0.353 e. The minimum atomic E-state index is 0. The van der Waals surface area contributed by atoms with Gasteiger partial charge in [-0.05, 0) is 31.9 Å². The van der Waals surface area contributed by atoms with Crippen LogP contribution in [-0.4, -0.2) is 47.6 Å². The van der Waals surface area contributed by atoms with Crippen molar-refractivity contribution in [1.82, 2.24) is 20.1 Å². The molecule has 6 heteroatoms. The zero-order chi connectivity index (χ0) is 15.4. The number of aromatic nitrogens is 1. The van der Waals surface area contributed by atoms with Gasteiger partial charge in [-0.2, -0.15) is 0 Å². The maximum absolute atomic E-state index is 4.35. The summed E-state index contributed by atoms with van der Waals surface area (Å²) in [6.45, 7) is 9.87. The molecule has 0 spiro atoms. The van der Waals surface area contributed by atoms with Gasteiger partial charge in [-0.25, -0.2) is 0 Å². The van der Waals surface area contributed by atoms with Gasteiger partial charge in [-0.3, -0.25) is 9.89 Å². The van der Waals surface area contributed by atoms with Crippen LogP contribution in [0, 0.1) is 5.92 Å². The lowest BCUT2D eigenvalue weighted by molar-refractivity contribution is 0.265. The molecular weight excluding hydrogens is 389 g/mol. The Balaban J connectivity index is 0.00000242. The summed E-state index contributed by atoms with van der Waals surface area (Å²) in [7, 11) is 3.90. The Labute approximate surface area is 151 Å². The molecule has 0 aliphatic carbocycles. The summed E-state index contributed by atoms with van der Waals surface area (Å²) in [6.07, 6.45) is 2.06. The van der Waals surface area contributed by atoms with Crippen LogP contribution in [0.3, 0.4) is 0 Å². The predicted molar refractivity (Wildman–Crippen MR) is 104 cm³/mol. The Morgan fingerprint density at radius 3 is 2.64 bits per heavy atom. The lowest BCUT2D eigenvalue weighted by Gasteiger charge is -2.22. The monoisotopic (exact) mass is 419 g/mol. The van der Waals surface area contributed by atoms with E-state index in [1.165, 1.54) is 5.69 Å². The average Bonchev–Trinajstić information content (AvgIpc) is 3.01. The van der Waals surface area contributed by atoms with Crippen molar-refractivity contribution in [2.75, 3.05) is 20.1 Å². The Kier molecular flexibility index (Phi) is 7.68. The van der Waals surface area contributed by atoms with E-state index in [0.29, 0.717) is 18.0 Å². The number of likely N-dealkylation sites (tertiary alicyclic amines) is 1. The van der Waals surface area contributed by atoms with Crippen LogP contribution in [-0.2, 0) is 13.6 Å². The van der Waals surface area contributed by atoms with E-state index in [-0.39, 0.29) is 24.0 Å². The van der Waals surface area contributed by atoms with Gasteiger partial charge in [-0.15, -0.1) is 24.0 Å². The largest absolute Gasteiger partial charge is 0.353 e. The Hall–Kier alpha value is -0.760. The molecule has 2 unspecified atom stereocenters. The molecule has 0 bridgehead atoms. The molecule has 2 atom stereocenters. The van der Waals surface area contributed by atoms with Gasteiger partial charge in [0.05, 0.1) is 6.54 Å². The third-order valence-corrected chi connectivity index (χ3v) is 4.40. The van der Waals surface area contributed by atoms with E-state index in [2.05, 4.69) is 71.2 Å². The number of guanidine groups is 1. The van der Waals surface area contributed by atoms with Crippen molar-refractivity contribution in [3.63, 3.8) is 0 Å². The molecule has 1 fully saturated rings. The number of aryl methyl sites for hydroxylation is 1. The van der Waals surface area contributed by atoms with Crippen molar-refractivity contribution in [2.45, 2.75) is 39.4 Å². The first-order valence-electron chi connectivity index (χ1n) is 7.82. The second-order valence-corrected chi connectivity index (χ2v) is 6.31. The van der Waals surface area contributed by atoms with E-state index in [1.807, 2.05) is 7.05 Å². The molecule has 0 aromatic carbocycles. The quantitative estimate of drug-likeness (QED) is 0.446. The molecule has 1 aromatic heterocycles. The highest BCUT2D eigenvalue weighted by Gasteiger charge is 2.31. The predicted octanol–water partition coefficient (Wildman–Crippen LogP) is 2.04. The van der Waals surface area contributed by atoms with Gasteiger partial charge in [0.25, 0.3) is 0 Å². The third kappa shape index (κ3) is 4.87. The first-order chi connectivity index (χ1) is 10.0. The molecular formula is C16H30IN5. The molecule has 2 N–H and O–H groups in total. The molecule has 2 rings (SSSR count). The number of halogens is 1. The Morgan fingerprint density at radius 2 is 2.14 bits per heavy atom. The van der Waals surface area contributed by atoms with E-state index in [0.717, 1.165) is 25.6 Å². The molecule has 0 radical (unpaired) electrons. The molecule has 5 nitrogen and oxygen atoms in total. The second kappa shape index (κ2) is 8.76. The van der Waals surface area contributed by atoms with Gasteiger partial charge >= 0.3 is 0 Å². The number of rotatable bonds is 4. The van der Waals surface area contributed by atoms with Crippen LogP contribution in [0.4, 0.5) is 0 Å². The van der Waals surface area contributed by atoms with Crippen molar-refractivity contribution >= 4 is 29.9 Å². The summed E-state index contributed by atoms with van der Waals surface area (Å²) in [5.41, 5.74) is 1.25. The summed E-state index contributed by atoms with van der Waals surface area (Å²) >= 11 is 0. The fourth-order valence-corrected chi connectivity index (χ4v) is 2.84. The van der Waals surface area contributed by atoms with Crippen molar-refractivity contribution in [1.29, 1.82) is 0 Å². The minimum absolute atomic E-state index is 0. The van der Waals surface area contributed by atoms with Crippen LogP contribution >= 0.6 is 24.0 Å². The fraction of sp³-hybridized carbons (Fsp3) is 0.688. The summed E-state index contributed by atoms with van der Waals surface area (Å²) in [5.74, 6) is 1.53. The van der Waals surface area contributed by atoms with Gasteiger partial charge in [0.1, 0.15) is 0 Å². The van der Waals surface area contributed by atoms with Crippen molar-refractivity contribution in [3.05, 3.63) is 24.0 Å². The number of aliphatic imine (C=N–C) groups is 1. The molecule has 0 saturated carbocycles. The van der Waals surface area contributed by atoms with Crippen molar-refractivity contribution < 1.29 is 0 Å². The maximum atomic E-state index is 4.35. The molecule has 126 valence electrons. The number of nitrogens with zero attached hydrogens (tertiary/aromatic N) is 3. The van der Waals surface area contributed by atoms with Crippen LogP contribution in [0.25, 0.3) is 0 Å². The van der Waals surface area contributed by atoms with Gasteiger partial charge in [0.15, 0.2) is 5.96 Å². The van der Waals surface area contributed by atoms with Gasteiger partial charge in [0.2, 0.25) is 0 Å². The number of hydrogen-bond acceptors (Lipinski definition) is 2. The van der Waals surface area contributed by atoms with Crippen LogP contribution < -0.4 is 10.6 Å². The summed E-state index contributed by atoms with van der Waals surface area (Å²) in [6, 6.07) is 5.26. The smallest absolute Gasteiger partial charge is 0.191 e. The summed E-state index contributed by atoms with van der Waals surface area (Å²) < 4.78 is 2.12. The molecule has 1 aliphatic heterocycles. The average molecular weight is 419 g/mol. The lowest BCUT2D eigenvalue weighted by Crippen LogP contribution is -2.46. The third-order valence-electron chi connectivity index (χ3n) is 4.40. The van der Waals surface area contributed by atoms with Gasteiger partial charge in [-0.1, -0.05) is 6.92 Å². The first-order valence-corrected chi connectivity index (χ1v) is 7.82. The SMILES string of the molecule is CN=C(NCc1cccn1C)NC1CN(C(C)C)CC1C.I. The van der Waals surface area contributed by atoms with Crippen LogP contribution in [0.1, 0.15) is 26.5 Å². The van der Waals surface area contributed by atoms with Crippen LogP contribution in [0.15, 0.2) is 23.3 Å². The summed E-state index contributed by atoms with van der Waals surface area (Å²) in [4.78, 5) is 6.87. The van der Waals surface area contributed by atoms with Crippen LogP contribution in [0.2, 0.25) is 0 Å². The Morgan fingerprint density at radius 1 is 1.41 bits per heavy atom. The van der Waals surface area contributed by atoms with E-state index in [1.54, 1.807) is 0 Å². The topological polar surface area (TPSA) is 44.6 Å². The molecule has 1 saturated heterocycles. The summed E-state index contributed by atoms with van der Waals surface area (Å²) in [5, 5.41) is 6.97. The van der Waals surface area contributed by atoms with E-state index < -0.39 is 0 Å². The zero-order valence-electron chi connectivity index (χ0n) is 14.3. The molecule has 22 heavy (non-hydrogen) atoms. The number of hydrogen-bond donors (Lipinski definition) is 2. The molecule has 1 aliphatic rings. The van der Waals surface area contributed by atoms with E-state index in [9.17, 15) is 0 Å². The standard InChI is InChI=1S/C16H29N5.HI/c1-12(2)21-10-13(3)15(11-21)19-16(17-4)18-9-14-7-6-8-20(14)5;/h6-8,12-13,15H,9-11H2,1-5H3,(H2,17,18,19);1H. The lowest BCUT2D eigenvalue weighted by atomic mass is 10.1. The molecule has 2 heterocycles. The Bertz CT molecular complexity index is 483. The first kappa shape index (κ1) is 19.3. The normalized spacial score (nSPS) is 22.7. The second-order valence-electron chi connectivity index (χ2n) is 6.31. The van der Waals surface area contributed by atoms with Crippen molar-refractivity contribution in [2.24, 2.45) is 18.0 Å². The zero-order valence-corrected chi connectivity index (χ0v) is 16.7. The van der Waals surface area contributed by atoms with E-state index >= 15 is 0 Å². The highest BCUT2D eigenvalue weighted by molar-refractivity contribution is 14.0. The highest BCUT2D eigenvalue weighted by Crippen LogP contribution is 2.18. The van der Waals surface area contributed by atoms with Gasteiger partial charge in [0, 0.05) is 51.2 Å².